The van der Waals surface area contributed by atoms with Crippen molar-refractivity contribution in [3.63, 3.8) is 0 Å². The number of pyridine rings is 1. The van der Waals surface area contributed by atoms with Crippen molar-refractivity contribution in [2.75, 3.05) is 0 Å². The van der Waals surface area contributed by atoms with Crippen LogP contribution in [-0.4, -0.2) is 32.3 Å². The van der Waals surface area contributed by atoms with E-state index in [2.05, 4.69) is 17.1 Å². The van der Waals surface area contributed by atoms with Crippen LogP contribution in [0.25, 0.3) is 11.3 Å². The van der Waals surface area contributed by atoms with Crippen LogP contribution in [0, 0.1) is 0 Å². The van der Waals surface area contributed by atoms with Crippen molar-refractivity contribution >= 4 is 27.3 Å². The summed E-state index contributed by atoms with van der Waals surface area (Å²) in [6.07, 6.45) is 1.81. The first-order chi connectivity index (χ1) is 5.97. The molecule has 0 aliphatic rings. The van der Waals surface area contributed by atoms with E-state index in [1.807, 2.05) is 42.6 Å². The van der Waals surface area contributed by atoms with Crippen molar-refractivity contribution in [2.24, 2.45) is 0 Å². The van der Waals surface area contributed by atoms with E-state index in [0.29, 0.717) is 0 Å². The van der Waals surface area contributed by atoms with Gasteiger partial charge in [0.15, 0.2) is 0 Å². The Hall–Kier alpha value is -0.708. The zero-order valence-corrected chi connectivity index (χ0v) is 12.8. The molecule has 2 aromatic rings. The van der Waals surface area contributed by atoms with E-state index in [4.69, 9.17) is 0 Å². The number of benzene rings is 1. The summed E-state index contributed by atoms with van der Waals surface area (Å²) >= 11 is 0. The average Bonchev–Trinajstić information content (AvgIpc) is 2.21. The summed E-state index contributed by atoms with van der Waals surface area (Å²) in [6.45, 7) is 0. The predicted molar refractivity (Wildman–Crippen MR) is 58.2 cm³/mol. The monoisotopic (exact) mass is 365 g/mol. The number of hydrogen-bond donors (Lipinski definition) is 0. The summed E-state index contributed by atoms with van der Waals surface area (Å²) in [5, 5.41) is 0. The Morgan fingerprint density at radius 3 is 2.08 bits per heavy atom. The zero-order chi connectivity index (χ0) is 8.23. The van der Waals surface area contributed by atoms with Crippen molar-refractivity contribution in [2.45, 2.75) is 0 Å². The van der Waals surface area contributed by atoms with Crippen LogP contribution in [0.4, 0.5) is 0 Å². The summed E-state index contributed by atoms with van der Waals surface area (Å²) in [5.74, 6) is 0. The molecule has 0 N–H and O–H groups in total. The molecular formula is C11H11NPb. The minimum Gasteiger partial charge on any atom is -0.256 e. The predicted octanol–water partition coefficient (Wildman–Crippen LogP) is 1.83. The Bertz CT molecular complexity index is 307. The van der Waals surface area contributed by atoms with Gasteiger partial charge in [0.2, 0.25) is 0 Å². The molecule has 1 aromatic heterocycles. The topological polar surface area (TPSA) is 12.9 Å². The van der Waals surface area contributed by atoms with Gasteiger partial charge in [0.1, 0.15) is 0 Å². The van der Waals surface area contributed by atoms with Crippen molar-refractivity contribution < 1.29 is 0 Å². The molecule has 0 unspecified atom stereocenters. The Morgan fingerprint density at radius 2 is 1.46 bits per heavy atom. The minimum atomic E-state index is 0. The van der Waals surface area contributed by atoms with Crippen LogP contribution in [-0.2, 0) is 0 Å². The third-order valence-corrected chi connectivity index (χ3v) is 1.73. The van der Waals surface area contributed by atoms with Crippen LogP contribution < -0.4 is 0 Å². The molecule has 64 valence electrons. The van der Waals surface area contributed by atoms with Gasteiger partial charge >= 0.3 is 27.3 Å². The van der Waals surface area contributed by atoms with Gasteiger partial charge in [0.25, 0.3) is 0 Å². The summed E-state index contributed by atoms with van der Waals surface area (Å²) in [7, 11) is 0. The van der Waals surface area contributed by atoms with Gasteiger partial charge in [-0.2, -0.15) is 0 Å². The molecule has 0 aliphatic heterocycles. The summed E-state index contributed by atoms with van der Waals surface area (Å²) in [5.41, 5.74) is 2.19. The van der Waals surface area contributed by atoms with Crippen LogP contribution in [0.3, 0.4) is 0 Å². The van der Waals surface area contributed by atoms with E-state index in [1.165, 1.54) is 0 Å². The van der Waals surface area contributed by atoms with Crippen molar-refractivity contribution in [1.29, 1.82) is 0 Å². The number of aromatic nitrogens is 1. The minimum absolute atomic E-state index is 0. The standard InChI is InChI=1S/C11H9N.Pb.2H/c1-2-6-10(7-3-1)11-8-4-5-9-12-11;;;/h1-9H;;;. The van der Waals surface area contributed by atoms with Gasteiger partial charge in [-0.05, 0) is 12.1 Å². The fraction of sp³-hybridized carbons (Fsp3) is 0. The Kier molecular flexibility index (Phi) is 4.08. The second-order valence-electron chi connectivity index (χ2n) is 2.58. The van der Waals surface area contributed by atoms with Gasteiger partial charge in [0.05, 0.1) is 5.69 Å². The SMILES string of the molecule is [PbH2].c1ccc(-c2ccccn2)cc1. The molecule has 1 heterocycles. The third kappa shape index (κ3) is 2.62. The molecule has 0 amide bonds. The molecule has 2 heteroatoms. The maximum absolute atomic E-state index is 4.25. The number of rotatable bonds is 1. The molecule has 0 spiro atoms. The van der Waals surface area contributed by atoms with Gasteiger partial charge in [-0.15, -0.1) is 0 Å². The quantitative estimate of drug-likeness (QED) is 0.704. The second kappa shape index (κ2) is 5.12. The van der Waals surface area contributed by atoms with Gasteiger partial charge in [0, 0.05) is 11.8 Å². The molecule has 0 bridgehead atoms. The van der Waals surface area contributed by atoms with Gasteiger partial charge in [-0.3, -0.25) is 4.98 Å². The molecule has 0 aliphatic carbocycles. The smallest absolute Gasteiger partial charge is 0.0701 e. The number of hydrogen-bond acceptors (Lipinski definition) is 1. The number of nitrogens with zero attached hydrogens (tertiary/aromatic N) is 1. The van der Waals surface area contributed by atoms with Crippen LogP contribution in [0.2, 0.25) is 0 Å². The van der Waals surface area contributed by atoms with E-state index in [0.717, 1.165) is 11.3 Å². The Labute approximate surface area is 98.0 Å². The van der Waals surface area contributed by atoms with Crippen molar-refractivity contribution in [1.82, 2.24) is 4.98 Å². The molecule has 0 fully saturated rings. The zero-order valence-electron chi connectivity index (χ0n) is 7.35. The average molecular weight is 364 g/mol. The largest absolute Gasteiger partial charge is 0.256 e. The maximum Gasteiger partial charge on any atom is 0.0701 e. The molecule has 0 atom stereocenters. The molecule has 0 saturated carbocycles. The summed E-state index contributed by atoms with van der Waals surface area (Å²) < 4.78 is 0. The first kappa shape index (κ1) is 10.4. The van der Waals surface area contributed by atoms with Gasteiger partial charge in [-0.25, -0.2) is 0 Å². The fourth-order valence-electron chi connectivity index (χ4n) is 1.14. The first-order valence-corrected chi connectivity index (χ1v) is 3.93. The van der Waals surface area contributed by atoms with Crippen LogP contribution in [0.1, 0.15) is 0 Å². The van der Waals surface area contributed by atoms with Crippen LogP contribution in [0.5, 0.6) is 0 Å². The molecule has 1 nitrogen and oxygen atoms in total. The van der Waals surface area contributed by atoms with Crippen LogP contribution in [0.15, 0.2) is 54.7 Å². The van der Waals surface area contributed by atoms with E-state index in [-0.39, 0.29) is 27.3 Å². The van der Waals surface area contributed by atoms with Gasteiger partial charge < -0.3 is 0 Å². The van der Waals surface area contributed by atoms with E-state index in [9.17, 15) is 0 Å². The second-order valence-corrected chi connectivity index (χ2v) is 2.58. The van der Waals surface area contributed by atoms with Gasteiger partial charge in [-0.1, -0.05) is 36.4 Å². The molecule has 0 saturated heterocycles. The normalized spacial score (nSPS) is 8.92. The summed E-state index contributed by atoms with van der Waals surface area (Å²) in [4.78, 5) is 4.25. The third-order valence-electron chi connectivity index (χ3n) is 1.73. The van der Waals surface area contributed by atoms with Crippen LogP contribution >= 0.6 is 0 Å². The molecular weight excluding hydrogens is 353 g/mol. The maximum atomic E-state index is 4.25. The Morgan fingerprint density at radius 1 is 0.769 bits per heavy atom. The first-order valence-electron chi connectivity index (χ1n) is 3.93. The van der Waals surface area contributed by atoms with E-state index >= 15 is 0 Å². The Balaban J connectivity index is 0.000000845. The molecule has 13 heavy (non-hydrogen) atoms. The molecule has 2 radical (unpaired) electrons. The van der Waals surface area contributed by atoms with E-state index in [1.54, 1.807) is 0 Å². The summed E-state index contributed by atoms with van der Waals surface area (Å²) in [6, 6.07) is 16.1. The van der Waals surface area contributed by atoms with Crippen molar-refractivity contribution in [3.8, 4) is 11.3 Å². The fourth-order valence-corrected chi connectivity index (χ4v) is 1.14. The van der Waals surface area contributed by atoms with E-state index < -0.39 is 0 Å². The molecule has 1 aromatic carbocycles. The van der Waals surface area contributed by atoms with Crippen molar-refractivity contribution in [3.05, 3.63) is 54.7 Å². The molecule has 2 rings (SSSR count).